The van der Waals surface area contributed by atoms with Crippen molar-refractivity contribution in [2.75, 3.05) is 15.8 Å². The van der Waals surface area contributed by atoms with E-state index >= 15 is 0 Å². The Bertz CT molecular complexity index is 732. The lowest BCUT2D eigenvalue weighted by atomic mass is 10.2. The molecule has 0 aliphatic rings. The number of halogens is 1. The lowest BCUT2D eigenvalue weighted by Gasteiger charge is -2.08. The fourth-order valence-corrected chi connectivity index (χ4v) is 2.37. The average Bonchev–Trinajstić information content (AvgIpc) is 2.45. The highest BCUT2D eigenvalue weighted by Crippen LogP contribution is 2.22. The minimum Gasteiger partial charge on any atom is -0.339 e. The number of nitrogens with one attached hydrogen (secondary N) is 2. The van der Waals surface area contributed by atoms with E-state index in [1.54, 1.807) is 19.1 Å². The predicted octanol–water partition coefficient (Wildman–Crippen LogP) is 3.05. The second kappa shape index (κ2) is 6.40. The maximum atomic E-state index is 11.4. The van der Waals surface area contributed by atoms with Crippen LogP contribution in [-0.2, 0) is 10.0 Å². The van der Waals surface area contributed by atoms with Crippen LogP contribution in [0.4, 0.5) is 17.3 Å². The van der Waals surface area contributed by atoms with Crippen LogP contribution in [0.5, 0.6) is 0 Å². The summed E-state index contributed by atoms with van der Waals surface area (Å²) in [7, 11) is -3.33. The zero-order valence-electron chi connectivity index (χ0n) is 11.6. The van der Waals surface area contributed by atoms with Crippen molar-refractivity contribution in [3.05, 3.63) is 40.4 Å². The van der Waals surface area contributed by atoms with Gasteiger partial charge in [-0.3, -0.25) is 4.72 Å². The molecule has 112 valence electrons. The van der Waals surface area contributed by atoms with E-state index in [-0.39, 0.29) is 11.6 Å². The van der Waals surface area contributed by atoms with E-state index in [9.17, 15) is 8.42 Å². The molecule has 1 aromatic heterocycles. The largest absolute Gasteiger partial charge is 0.339 e. The first-order chi connectivity index (χ1) is 9.89. The molecule has 0 atom stereocenters. The number of nitrogens with zero attached hydrogens (tertiary/aromatic N) is 2. The van der Waals surface area contributed by atoms with Crippen molar-refractivity contribution in [2.45, 2.75) is 13.8 Å². The minimum atomic E-state index is -3.33. The molecule has 0 amide bonds. The van der Waals surface area contributed by atoms with Crippen LogP contribution in [0, 0.1) is 6.92 Å². The molecular weight excluding hydrogens is 356 g/mol. The van der Waals surface area contributed by atoms with E-state index in [1.165, 1.54) is 0 Å². The molecular formula is C13H15BrN4O2S. The summed E-state index contributed by atoms with van der Waals surface area (Å²) in [5, 5.41) is 10.9. The van der Waals surface area contributed by atoms with Crippen molar-refractivity contribution in [3.63, 3.8) is 0 Å². The predicted molar refractivity (Wildman–Crippen MR) is 87.3 cm³/mol. The highest BCUT2D eigenvalue weighted by atomic mass is 79.9. The fourth-order valence-electron chi connectivity index (χ4n) is 1.56. The Hall–Kier alpha value is -1.67. The molecule has 0 aliphatic carbocycles. The summed E-state index contributed by atoms with van der Waals surface area (Å²) in [5.41, 5.74) is 1.98. The van der Waals surface area contributed by atoms with Crippen LogP contribution < -0.4 is 10.0 Å². The Labute approximate surface area is 132 Å². The van der Waals surface area contributed by atoms with Gasteiger partial charge in [-0.1, -0.05) is 15.9 Å². The Morgan fingerprint density at radius 2 is 1.81 bits per heavy atom. The number of benzene rings is 1. The van der Waals surface area contributed by atoms with Gasteiger partial charge in [-0.2, -0.15) is 0 Å². The van der Waals surface area contributed by atoms with E-state index < -0.39 is 10.0 Å². The number of aryl methyl sites for hydroxylation is 1. The summed E-state index contributed by atoms with van der Waals surface area (Å²) in [4.78, 5) is 0. The van der Waals surface area contributed by atoms with Crippen molar-refractivity contribution in [1.82, 2.24) is 10.2 Å². The third-order valence-corrected chi connectivity index (χ3v) is 4.90. The van der Waals surface area contributed by atoms with Gasteiger partial charge in [0, 0.05) is 10.2 Å². The molecule has 2 aromatic rings. The van der Waals surface area contributed by atoms with Crippen molar-refractivity contribution in [3.8, 4) is 0 Å². The van der Waals surface area contributed by atoms with Gasteiger partial charge in [0.1, 0.15) is 0 Å². The van der Waals surface area contributed by atoms with E-state index in [4.69, 9.17) is 0 Å². The van der Waals surface area contributed by atoms with Gasteiger partial charge >= 0.3 is 0 Å². The summed E-state index contributed by atoms with van der Waals surface area (Å²) < 4.78 is 26.2. The molecule has 0 saturated carbocycles. The molecule has 1 aromatic carbocycles. The van der Waals surface area contributed by atoms with Gasteiger partial charge in [0.15, 0.2) is 11.6 Å². The van der Waals surface area contributed by atoms with Gasteiger partial charge in [0.2, 0.25) is 10.0 Å². The molecule has 0 unspecified atom stereocenters. The highest BCUT2D eigenvalue weighted by Gasteiger charge is 2.08. The minimum absolute atomic E-state index is 0.00709. The first-order valence-corrected chi connectivity index (χ1v) is 8.71. The Kier molecular flexibility index (Phi) is 4.79. The molecule has 0 saturated heterocycles. The van der Waals surface area contributed by atoms with Crippen molar-refractivity contribution < 1.29 is 8.42 Å². The molecule has 2 rings (SSSR count). The zero-order chi connectivity index (χ0) is 15.5. The summed E-state index contributed by atoms with van der Waals surface area (Å²) in [6, 6.07) is 9.05. The number of aromatic nitrogens is 2. The molecule has 0 fully saturated rings. The van der Waals surface area contributed by atoms with Crippen LogP contribution in [0.2, 0.25) is 0 Å². The monoisotopic (exact) mass is 370 g/mol. The van der Waals surface area contributed by atoms with Gasteiger partial charge in [-0.05, 0) is 49.7 Å². The molecule has 6 nitrogen and oxygen atoms in total. The third-order valence-electron chi connectivity index (χ3n) is 2.74. The summed E-state index contributed by atoms with van der Waals surface area (Å²) in [5.74, 6) is 0.734. The standard InChI is InChI=1S/C13H15BrN4O2S/c1-3-21(19,20)18-13-7-6-12(16-17-13)15-10-4-5-11(14)9(2)8-10/h4-8H,3H2,1-2H3,(H,15,16)(H,17,18). The first kappa shape index (κ1) is 15.7. The lowest BCUT2D eigenvalue weighted by Crippen LogP contribution is -2.15. The Balaban J connectivity index is 2.10. The van der Waals surface area contributed by atoms with Crippen molar-refractivity contribution in [1.29, 1.82) is 0 Å². The van der Waals surface area contributed by atoms with Gasteiger partial charge in [0.25, 0.3) is 0 Å². The van der Waals surface area contributed by atoms with Crippen molar-refractivity contribution >= 4 is 43.3 Å². The van der Waals surface area contributed by atoms with E-state index in [1.807, 2.05) is 25.1 Å². The molecule has 1 heterocycles. The third kappa shape index (κ3) is 4.40. The fraction of sp³-hybridized carbons (Fsp3) is 0.231. The van der Waals surface area contributed by atoms with E-state index in [0.717, 1.165) is 15.7 Å². The molecule has 21 heavy (non-hydrogen) atoms. The van der Waals surface area contributed by atoms with Crippen LogP contribution in [0.15, 0.2) is 34.8 Å². The maximum Gasteiger partial charge on any atom is 0.233 e. The van der Waals surface area contributed by atoms with E-state index in [2.05, 4.69) is 36.2 Å². The number of hydrogen-bond acceptors (Lipinski definition) is 5. The highest BCUT2D eigenvalue weighted by molar-refractivity contribution is 9.10. The normalized spacial score (nSPS) is 11.2. The Morgan fingerprint density at radius 1 is 1.14 bits per heavy atom. The summed E-state index contributed by atoms with van der Waals surface area (Å²) in [6.07, 6.45) is 0. The SMILES string of the molecule is CCS(=O)(=O)Nc1ccc(Nc2ccc(Br)c(C)c2)nn1. The molecule has 2 N–H and O–H groups in total. The van der Waals surface area contributed by atoms with Crippen LogP contribution in [0.25, 0.3) is 0 Å². The first-order valence-electron chi connectivity index (χ1n) is 6.27. The smallest absolute Gasteiger partial charge is 0.233 e. The van der Waals surface area contributed by atoms with Gasteiger partial charge in [-0.25, -0.2) is 8.42 Å². The second-order valence-corrected chi connectivity index (χ2v) is 7.26. The maximum absolute atomic E-state index is 11.4. The number of rotatable bonds is 5. The quantitative estimate of drug-likeness (QED) is 0.844. The van der Waals surface area contributed by atoms with Crippen LogP contribution >= 0.6 is 15.9 Å². The topological polar surface area (TPSA) is 84.0 Å². The van der Waals surface area contributed by atoms with Gasteiger partial charge in [-0.15, -0.1) is 10.2 Å². The number of anilines is 3. The molecule has 8 heteroatoms. The van der Waals surface area contributed by atoms with E-state index in [0.29, 0.717) is 5.82 Å². The van der Waals surface area contributed by atoms with Crippen LogP contribution in [0.1, 0.15) is 12.5 Å². The molecule has 0 bridgehead atoms. The molecule has 0 radical (unpaired) electrons. The number of sulfonamides is 1. The molecule has 0 aliphatic heterocycles. The zero-order valence-corrected chi connectivity index (χ0v) is 14.0. The average molecular weight is 371 g/mol. The second-order valence-electron chi connectivity index (χ2n) is 4.40. The van der Waals surface area contributed by atoms with Gasteiger partial charge in [0.05, 0.1) is 5.75 Å². The van der Waals surface area contributed by atoms with Gasteiger partial charge < -0.3 is 5.32 Å². The number of hydrogen-bond donors (Lipinski definition) is 2. The summed E-state index contributed by atoms with van der Waals surface area (Å²) >= 11 is 3.44. The molecule has 0 spiro atoms. The van der Waals surface area contributed by atoms with Crippen LogP contribution in [-0.4, -0.2) is 24.4 Å². The lowest BCUT2D eigenvalue weighted by molar-refractivity contribution is 0.602. The Morgan fingerprint density at radius 3 is 2.38 bits per heavy atom. The van der Waals surface area contributed by atoms with Crippen molar-refractivity contribution in [2.24, 2.45) is 0 Å². The van der Waals surface area contributed by atoms with Crippen LogP contribution in [0.3, 0.4) is 0 Å². The summed E-state index contributed by atoms with van der Waals surface area (Å²) in [6.45, 7) is 3.55.